The minimum absolute atomic E-state index is 0.0554. The third-order valence-corrected chi connectivity index (χ3v) is 4.68. The van der Waals surface area contributed by atoms with Crippen LogP contribution in [0.5, 0.6) is 0 Å². The monoisotopic (exact) mass is 311 g/mol. The van der Waals surface area contributed by atoms with Gasteiger partial charge >= 0.3 is 0 Å². The topological polar surface area (TPSA) is 101 Å². The lowest BCUT2D eigenvalue weighted by atomic mass is 9.93. The molecule has 6 nitrogen and oxygen atoms in total. The van der Waals surface area contributed by atoms with Crippen molar-refractivity contribution in [2.45, 2.75) is 30.6 Å². The Morgan fingerprint density at radius 2 is 1.95 bits per heavy atom. The second-order valence-corrected chi connectivity index (χ2v) is 6.85. The number of carbonyl (C=O) groups is 1. The van der Waals surface area contributed by atoms with E-state index in [0.29, 0.717) is 12.3 Å². The summed E-state index contributed by atoms with van der Waals surface area (Å²) in [5.74, 6) is 0.384. The molecule has 1 aromatic rings. The molecule has 1 aliphatic rings. The Morgan fingerprint density at radius 1 is 1.29 bits per heavy atom. The van der Waals surface area contributed by atoms with E-state index in [1.807, 2.05) is 0 Å². The summed E-state index contributed by atoms with van der Waals surface area (Å²) in [6, 6.07) is 6.17. The molecule has 4 N–H and O–H groups in total. The lowest BCUT2D eigenvalue weighted by molar-refractivity contribution is -0.116. The van der Waals surface area contributed by atoms with Crippen molar-refractivity contribution in [3.05, 3.63) is 24.3 Å². The van der Waals surface area contributed by atoms with Crippen molar-refractivity contribution in [3.8, 4) is 0 Å². The number of benzene rings is 1. The van der Waals surface area contributed by atoms with Gasteiger partial charge in [0.15, 0.2) is 0 Å². The van der Waals surface area contributed by atoms with Gasteiger partial charge in [-0.15, -0.1) is 0 Å². The number of rotatable bonds is 5. The van der Waals surface area contributed by atoms with Gasteiger partial charge in [0, 0.05) is 6.42 Å². The van der Waals surface area contributed by atoms with E-state index in [2.05, 4.69) is 10.6 Å². The van der Waals surface area contributed by atoms with Crippen LogP contribution in [0.4, 0.5) is 5.69 Å². The maximum atomic E-state index is 12.0. The fourth-order valence-corrected chi connectivity index (χ4v) is 3.23. The van der Waals surface area contributed by atoms with Gasteiger partial charge < -0.3 is 10.6 Å². The average molecular weight is 311 g/mol. The largest absolute Gasteiger partial charge is 0.325 e. The first kappa shape index (κ1) is 15.9. The van der Waals surface area contributed by atoms with E-state index in [1.54, 1.807) is 18.2 Å². The fraction of sp³-hybridized carbons (Fsp3) is 0.500. The van der Waals surface area contributed by atoms with Crippen molar-refractivity contribution in [2.24, 2.45) is 11.1 Å². The number of nitrogens with two attached hydrogens (primary N) is 1. The second-order valence-electron chi connectivity index (χ2n) is 5.32. The summed E-state index contributed by atoms with van der Waals surface area (Å²) in [4.78, 5) is 11.9. The number of anilines is 1. The van der Waals surface area contributed by atoms with E-state index >= 15 is 0 Å². The predicted molar refractivity (Wildman–Crippen MR) is 81.3 cm³/mol. The fourth-order valence-electron chi connectivity index (χ4n) is 2.54. The van der Waals surface area contributed by atoms with Crippen LogP contribution in [0.2, 0.25) is 0 Å². The maximum absolute atomic E-state index is 12.0. The molecule has 0 aliphatic carbocycles. The molecule has 1 saturated heterocycles. The molecule has 7 heteroatoms. The molecule has 116 valence electrons. The summed E-state index contributed by atoms with van der Waals surface area (Å²) in [6.07, 6.45) is 3.39. The Bertz CT molecular complexity index is 595. The molecule has 0 atom stereocenters. The van der Waals surface area contributed by atoms with Crippen molar-refractivity contribution >= 4 is 21.6 Å². The standard InChI is InChI=1S/C14H21N3O3S/c15-21(19,20)13-4-2-1-3-12(13)17-14(18)6-5-11-7-9-16-10-8-11/h1-4,11,16H,5-10H2,(H,17,18)(H2,15,19,20). The molecule has 0 bridgehead atoms. The van der Waals surface area contributed by atoms with E-state index in [4.69, 9.17) is 5.14 Å². The van der Waals surface area contributed by atoms with Crippen molar-refractivity contribution in [3.63, 3.8) is 0 Å². The van der Waals surface area contributed by atoms with Crippen LogP contribution in [0.3, 0.4) is 0 Å². The third-order valence-electron chi connectivity index (χ3n) is 3.71. The number of nitrogens with one attached hydrogen (secondary N) is 2. The molecule has 1 amide bonds. The van der Waals surface area contributed by atoms with Crippen LogP contribution in [0.25, 0.3) is 0 Å². The lowest BCUT2D eigenvalue weighted by Crippen LogP contribution is -2.28. The average Bonchev–Trinajstić information content (AvgIpc) is 2.46. The lowest BCUT2D eigenvalue weighted by Gasteiger charge is -2.22. The molecular formula is C14H21N3O3S. The van der Waals surface area contributed by atoms with E-state index in [-0.39, 0.29) is 16.5 Å². The Balaban J connectivity index is 1.93. The van der Waals surface area contributed by atoms with Gasteiger partial charge in [-0.2, -0.15) is 0 Å². The van der Waals surface area contributed by atoms with Gasteiger partial charge in [-0.05, 0) is 50.4 Å². The quantitative estimate of drug-likeness (QED) is 0.756. The summed E-state index contributed by atoms with van der Waals surface area (Å²) in [7, 11) is -3.84. The van der Waals surface area contributed by atoms with Gasteiger partial charge in [0.2, 0.25) is 15.9 Å². The number of sulfonamides is 1. The minimum atomic E-state index is -3.84. The highest BCUT2D eigenvalue weighted by Gasteiger charge is 2.17. The first-order valence-corrected chi connectivity index (χ1v) is 8.64. The molecule has 0 spiro atoms. The molecular weight excluding hydrogens is 290 g/mol. The van der Waals surface area contributed by atoms with E-state index in [0.717, 1.165) is 32.4 Å². The number of primary sulfonamides is 1. The summed E-state index contributed by atoms with van der Waals surface area (Å²) >= 11 is 0. The zero-order valence-electron chi connectivity index (χ0n) is 11.8. The Labute approximate surface area is 125 Å². The Morgan fingerprint density at radius 3 is 2.62 bits per heavy atom. The number of amides is 1. The van der Waals surface area contributed by atoms with Gasteiger partial charge in [0.1, 0.15) is 4.90 Å². The first-order valence-electron chi connectivity index (χ1n) is 7.09. The molecule has 1 aliphatic heterocycles. The van der Waals surface area contributed by atoms with E-state index in [1.165, 1.54) is 6.07 Å². The third kappa shape index (κ3) is 4.80. The molecule has 0 saturated carbocycles. The van der Waals surface area contributed by atoms with E-state index in [9.17, 15) is 13.2 Å². The van der Waals surface area contributed by atoms with Gasteiger partial charge in [-0.25, -0.2) is 13.6 Å². The number of carbonyl (C=O) groups excluding carboxylic acids is 1. The predicted octanol–water partition coefficient (Wildman–Crippen LogP) is 1.05. The van der Waals surface area contributed by atoms with Crippen LogP contribution >= 0.6 is 0 Å². The van der Waals surface area contributed by atoms with Gasteiger partial charge in [-0.3, -0.25) is 4.79 Å². The highest BCUT2D eigenvalue weighted by molar-refractivity contribution is 7.89. The zero-order valence-corrected chi connectivity index (χ0v) is 12.7. The normalized spacial score (nSPS) is 16.6. The molecule has 0 aromatic heterocycles. The van der Waals surface area contributed by atoms with Crippen molar-refractivity contribution in [2.75, 3.05) is 18.4 Å². The van der Waals surface area contributed by atoms with Crippen molar-refractivity contribution < 1.29 is 13.2 Å². The van der Waals surface area contributed by atoms with Crippen LogP contribution in [0.15, 0.2) is 29.2 Å². The summed E-state index contributed by atoms with van der Waals surface area (Å²) in [5.41, 5.74) is 0.246. The molecule has 21 heavy (non-hydrogen) atoms. The second kappa shape index (κ2) is 7.02. The molecule has 0 unspecified atom stereocenters. The Kier molecular flexibility index (Phi) is 5.33. The van der Waals surface area contributed by atoms with E-state index < -0.39 is 10.0 Å². The number of hydrogen-bond acceptors (Lipinski definition) is 4. The van der Waals surface area contributed by atoms with Crippen LogP contribution in [0, 0.1) is 5.92 Å². The number of hydrogen-bond donors (Lipinski definition) is 3. The van der Waals surface area contributed by atoms with Gasteiger partial charge in [0.05, 0.1) is 5.69 Å². The van der Waals surface area contributed by atoms with Crippen LogP contribution in [-0.2, 0) is 14.8 Å². The molecule has 1 fully saturated rings. The molecule has 2 rings (SSSR count). The maximum Gasteiger partial charge on any atom is 0.240 e. The van der Waals surface area contributed by atoms with Gasteiger partial charge in [0.25, 0.3) is 0 Å². The number of piperidine rings is 1. The summed E-state index contributed by atoms with van der Waals surface area (Å²) in [6.45, 7) is 2.00. The van der Waals surface area contributed by atoms with Crippen molar-refractivity contribution in [1.82, 2.24) is 5.32 Å². The molecule has 1 heterocycles. The molecule has 1 aromatic carbocycles. The van der Waals surface area contributed by atoms with Gasteiger partial charge in [-0.1, -0.05) is 12.1 Å². The van der Waals surface area contributed by atoms with Crippen molar-refractivity contribution in [1.29, 1.82) is 0 Å². The summed E-state index contributed by atoms with van der Waals surface area (Å²) in [5, 5.41) is 11.1. The SMILES string of the molecule is NS(=O)(=O)c1ccccc1NC(=O)CCC1CCNCC1. The van der Waals surface area contributed by atoms with Crippen LogP contribution < -0.4 is 15.8 Å². The zero-order chi connectivity index (χ0) is 15.3. The summed E-state index contributed by atoms with van der Waals surface area (Å²) < 4.78 is 22.9. The Hall–Kier alpha value is -1.44. The molecule has 0 radical (unpaired) electrons. The van der Waals surface area contributed by atoms with Crippen LogP contribution in [0.1, 0.15) is 25.7 Å². The number of para-hydroxylation sites is 1. The van der Waals surface area contributed by atoms with Crippen LogP contribution in [-0.4, -0.2) is 27.4 Å². The highest BCUT2D eigenvalue weighted by atomic mass is 32.2. The smallest absolute Gasteiger partial charge is 0.240 e. The first-order chi connectivity index (χ1) is 9.97. The highest BCUT2D eigenvalue weighted by Crippen LogP contribution is 2.21. The minimum Gasteiger partial charge on any atom is -0.325 e.